The summed E-state index contributed by atoms with van der Waals surface area (Å²) in [5, 5.41) is 2.83. The third kappa shape index (κ3) is 2.36. The quantitative estimate of drug-likeness (QED) is 0.846. The molecule has 98 valence electrons. The summed E-state index contributed by atoms with van der Waals surface area (Å²) < 4.78 is 5.65. The summed E-state index contributed by atoms with van der Waals surface area (Å²) >= 11 is 0. The van der Waals surface area contributed by atoms with Crippen molar-refractivity contribution in [3.63, 3.8) is 0 Å². The van der Waals surface area contributed by atoms with Crippen molar-refractivity contribution in [2.45, 2.75) is 12.5 Å². The molecule has 1 amide bonds. The Morgan fingerprint density at radius 2 is 2.10 bits per heavy atom. The summed E-state index contributed by atoms with van der Waals surface area (Å²) in [5.74, 6) is 3.17. The molecule has 0 aliphatic carbocycles. The molecule has 0 bridgehead atoms. The average Bonchev–Trinajstić information content (AvgIpc) is 2.91. The molecule has 1 unspecified atom stereocenters. The number of benzene rings is 2. The smallest absolute Gasteiger partial charge is 0.265 e. The molecule has 1 heterocycles. The fourth-order valence-corrected chi connectivity index (χ4v) is 2.24. The van der Waals surface area contributed by atoms with Gasteiger partial charge < -0.3 is 10.1 Å². The molecule has 2 aromatic rings. The lowest BCUT2D eigenvalue weighted by Crippen LogP contribution is -2.31. The molecule has 3 nitrogen and oxygen atoms in total. The van der Waals surface area contributed by atoms with Crippen molar-refractivity contribution >= 4 is 11.6 Å². The van der Waals surface area contributed by atoms with Gasteiger partial charge in [-0.15, -0.1) is 6.42 Å². The molecule has 1 N–H and O–H groups in total. The molecule has 0 saturated carbocycles. The van der Waals surface area contributed by atoms with E-state index >= 15 is 0 Å². The summed E-state index contributed by atoms with van der Waals surface area (Å²) in [6.45, 7) is 0. The maximum absolute atomic E-state index is 12.2. The van der Waals surface area contributed by atoms with Crippen LogP contribution in [0.1, 0.15) is 11.1 Å². The number of carbonyl (C=O) groups excluding carboxylic acids is 1. The molecule has 3 rings (SSSR count). The molecule has 2 aromatic carbocycles. The number of carbonyl (C=O) groups is 1. The summed E-state index contributed by atoms with van der Waals surface area (Å²) in [4.78, 5) is 12.2. The number of para-hydroxylation sites is 1. The van der Waals surface area contributed by atoms with E-state index in [1.165, 1.54) is 0 Å². The van der Waals surface area contributed by atoms with Gasteiger partial charge in [-0.05, 0) is 29.8 Å². The van der Waals surface area contributed by atoms with E-state index in [0.29, 0.717) is 12.1 Å². The molecule has 3 heteroatoms. The molecule has 1 atom stereocenters. The van der Waals surface area contributed by atoms with Crippen LogP contribution in [0.4, 0.5) is 5.69 Å². The molecule has 0 radical (unpaired) electrons. The molecule has 20 heavy (non-hydrogen) atoms. The van der Waals surface area contributed by atoms with Crippen LogP contribution in [0.15, 0.2) is 48.5 Å². The number of nitrogens with one attached hydrogen (secondary N) is 1. The Hall–Kier alpha value is -2.73. The van der Waals surface area contributed by atoms with Gasteiger partial charge in [0.2, 0.25) is 0 Å². The SMILES string of the molecule is C#Cc1cccc(NC(=O)C2Cc3ccccc3O2)c1. The van der Waals surface area contributed by atoms with Gasteiger partial charge in [-0.1, -0.05) is 30.2 Å². The van der Waals surface area contributed by atoms with Crippen LogP contribution in [0.3, 0.4) is 0 Å². The topological polar surface area (TPSA) is 38.3 Å². The second kappa shape index (κ2) is 5.10. The zero-order chi connectivity index (χ0) is 13.9. The highest BCUT2D eigenvalue weighted by Crippen LogP contribution is 2.28. The molecule has 1 aliphatic rings. The van der Waals surface area contributed by atoms with Gasteiger partial charge in [0.05, 0.1) is 0 Å². The van der Waals surface area contributed by atoms with Gasteiger partial charge in [0.25, 0.3) is 5.91 Å². The van der Waals surface area contributed by atoms with Crippen LogP contribution in [0.5, 0.6) is 5.75 Å². The minimum Gasteiger partial charge on any atom is -0.480 e. The fraction of sp³-hybridized carbons (Fsp3) is 0.118. The summed E-state index contributed by atoms with van der Waals surface area (Å²) in [6, 6.07) is 14.9. The molecular weight excluding hydrogens is 250 g/mol. The van der Waals surface area contributed by atoms with Crippen molar-refractivity contribution in [3.8, 4) is 18.1 Å². The zero-order valence-corrected chi connectivity index (χ0v) is 10.8. The molecule has 0 aromatic heterocycles. The van der Waals surface area contributed by atoms with Crippen molar-refractivity contribution in [1.29, 1.82) is 0 Å². The lowest BCUT2D eigenvalue weighted by molar-refractivity contribution is -0.122. The summed E-state index contributed by atoms with van der Waals surface area (Å²) in [7, 11) is 0. The number of hydrogen-bond donors (Lipinski definition) is 1. The van der Waals surface area contributed by atoms with Crippen LogP contribution < -0.4 is 10.1 Å². The Bertz CT molecular complexity index is 675. The average molecular weight is 263 g/mol. The van der Waals surface area contributed by atoms with Crippen LogP contribution in [0, 0.1) is 12.3 Å². The Kier molecular flexibility index (Phi) is 3.14. The van der Waals surface area contributed by atoms with Gasteiger partial charge in [-0.2, -0.15) is 0 Å². The zero-order valence-electron chi connectivity index (χ0n) is 10.8. The largest absolute Gasteiger partial charge is 0.480 e. The number of rotatable bonds is 2. The molecule has 0 saturated heterocycles. The predicted molar refractivity (Wildman–Crippen MR) is 77.6 cm³/mol. The third-order valence-corrected chi connectivity index (χ3v) is 3.24. The molecule has 0 fully saturated rings. The van der Waals surface area contributed by atoms with Crippen molar-refractivity contribution < 1.29 is 9.53 Å². The second-order valence-electron chi connectivity index (χ2n) is 4.63. The standard InChI is InChI=1S/C17H13NO2/c1-2-12-6-5-8-14(10-12)18-17(19)16-11-13-7-3-4-9-15(13)20-16/h1,3-10,16H,11H2,(H,18,19). The molecule has 0 spiro atoms. The first-order valence-corrected chi connectivity index (χ1v) is 6.38. The second-order valence-corrected chi connectivity index (χ2v) is 4.63. The van der Waals surface area contributed by atoms with E-state index < -0.39 is 6.10 Å². The summed E-state index contributed by atoms with van der Waals surface area (Å²) in [6.07, 6.45) is 5.45. The van der Waals surface area contributed by atoms with Gasteiger partial charge in [-0.3, -0.25) is 4.79 Å². The van der Waals surface area contributed by atoms with Crippen LogP contribution in [0.2, 0.25) is 0 Å². The van der Waals surface area contributed by atoms with Gasteiger partial charge in [-0.25, -0.2) is 0 Å². The highest BCUT2D eigenvalue weighted by atomic mass is 16.5. The Morgan fingerprint density at radius 3 is 2.90 bits per heavy atom. The van der Waals surface area contributed by atoms with Crippen molar-refractivity contribution in [2.24, 2.45) is 0 Å². The Labute approximate surface area is 117 Å². The number of terminal acetylenes is 1. The van der Waals surface area contributed by atoms with E-state index in [1.807, 2.05) is 36.4 Å². The van der Waals surface area contributed by atoms with Crippen LogP contribution in [-0.2, 0) is 11.2 Å². The van der Waals surface area contributed by atoms with Crippen LogP contribution in [0.25, 0.3) is 0 Å². The number of anilines is 1. The Balaban J connectivity index is 1.71. The Morgan fingerprint density at radius 1 is 1.25 bits per heavy atom. The fourth-order valence-electron chi connectivity index (χ4n) is 2.24. The van der Waals surface area contributed by atoms with E-state index in [1.54, 1.807) is 12.1 Å². The van der Waals surface area contributed by atoms with E-state index in [0.717, 1.165) is 16.9 Å². The first-order valence-electron chi connectivity index (χ1n) is 6.38. The lowest BCUT2D eigenvalue weighted by Gasteiger charge is -2.11. The van der Waals surface area contributed by atoms with E-state index in [2.05, 4.69) is 11.2 Å². The number of hydrogen-bond acceptors (Lipinski definition) is 2. The van der Waals surface area contributed by atoms with Crippen molar-refractivity contribution in [3.05, 3.63) is 59.7 Å². The van der Waals surface area contributed by atoms with E-state index in [9.17, 15) is 4.79 Å². The van der Waals surface area contributed by atoms with Gasteiger partial charge in [0.1, 0.15) is 5.75 Å². The highest BCUT2D eigenvalue weighted by molar-refractivity contribution is 5.95. The first-order chi connectivity index (χ1) is 9.76. The van der Waals surface area contributed by atoms with Gasteiger partial charge >= 0.3 is 0 Å². The number of amides is 1. The van der Waals surface area contributed by atoms with Gasteiger partial charge in [0, 0.05) is 17.7 Å². The minimum absolute atomic E-state index is 0.157. The van der Waals surface area contributed by atoms with Crippen molar-refractivity contribution in [2.75, 3.05) is 5.32 Å². The first kappa shape index (κ1) is 12.3. The van der Waals surface area contributed by atoms with E-state index in [-0.39, 0.29) is 5.91 Å². The number of ether oxygens (including phenoxy) is 1. The monoisotopic (exact) mass is 263 g/mol. The van der Waals surface area contributed by atoms with E-state index in [4.69, 9.17) is 11.2 Å². The van der Waals surface area contributed by atoms with Crippen LogP contribution in [-0.4, -0.2) is 12.0 Å². The maximum atomic E-state index is 12.2. The maximum Gasteiger partial charge on any atom is 0.265 e. The minimum atomic E-state index is -0.484. The molecular formula is C17H13NO2. The summed E-state index contributed by atoms with van der Waals surface area (Å²) in [5.41, 5.74) is 2.48. The van der Waals surface area contributed by atoms with Crippen molar-refractivity contribution in [1.82, 2.24) is 0 Å². The van der Waals surface area contributed by atoms with Crippen LogP contribution >= 0.6 is 0 Å². The third-order valence-electron chi connectivity index (χ3n) is 3.24. The van der Waals surface area contributed by atoms with Gasteiger partial charge in [0.15, 0.2) is 6.10 Å². The lowest BCUT2D eigenvalue weighted by atomic mass is 10.1. The normalized spacial score (nSPS) is 15.8. The number of fused-ring (bicyclic) bond motifs is 1. The predicted octanol–water partition coefficient (Wildman–Crippen LogP) is 2.61. The molecule has 1 aliphatic heterocycles. The highest BCUT2D eigenvalue weighted by Gasteiger charge is 2.28.